The molecular formula is C12H16O3S. The second-order valence-corrected chi connectivity index (χ2v) is 3.74. The first-order valence-electron chi connectivity index (χ1n) is 5.26. The molecule has 1 aromatic rings. The van der Waals surface area contributed by atoms with E-state index in [1.807, 2.05) is 6.07 Å². The first kappa shape index (κ1) is 12.9. The van der Waals surface area contributed by atoms with Gasteiger partial charge in [-0.15, -0.1) is 0 Å². The minimum atomic E-state index is -0.321. The molecule has 1 rings (SSSR count). The van der Waals surface area contributed by atoms with Crippen molar-refractivity contribution in [3.05, 3.63) is 29.8 Å². The standard InChI is InChI=1S/C12H16O3S/c1-3-4-9-14-12(13)10-7-5-6-8-11(10)15-16-2/h5-8H,3-4,9H2,1-2H3. The largest absolute Gasteiger partial charge is 0.462 e. The van der Waals surface area contributed by atoms with E-state index in [4.69, 9.17) is 8.92 Å². The SMILES string of the molecule is CCCCOC(=O)c1ccccc1OSC. The number of unbranched alkanes of at least 4 members (excludes halogenated alkanes) is 1. The van der Waals surface area contributed by atoms with Crippen LogP contribution in [-0.2, 0) is 4.74 Å². The van der Waals surface area contributed by atoms with Gasteiger partial charge >= 0.3 is 5.97 Å². The van der Waals surface area contributed by atoms with Crippen LogP contribution in [0.4, 0.5) is 0 Å². The Labute approximate surface area is 100 Å². The minimum absolute atomic E-state index is 0.321. The number of carbonyl (C=O) groups excluding carboxylic acids is 1. The molecule has 3 nitrogen and oxygen atoms in total. The molecule has 0 amide bonds. The Balaban J connectivity index is 2.66. The van der Waals surface area contributed by atoms with Crippen LogP contribution in [0, 0.1) is 0 Å². The van der Waals surface area contributed by atoms with Crippen LogP contribution in [0.1, 0.15) is 30.1 Å². The molecule has 0 aromatic heterocycles. The summed E-state index contributed by atoms with van der Waals surface area (Å²) in [6.45, 7) is 2.52. The zero-order chi connectivity index (χ0) is 11.8. The predicted molar refractivity (Wildman–Crippen MR) is 65.8 cm³/mol. The number of hydrogen-bond donors (Lipinski definition) is 0. The number of benzene rings is 1. The lowest BCUT2D eigenvalue weighted by Crippen LogP contribution is -2.07. The van der Waals surface area contributed by atoms with E-state index in [0.29, 0.717) is 17.9 Å². The number of rotatable bonds is 6. The highest BCUT2D eigenvalue weighted by Gasteiger charge is 2.13. The number of para-hydroxylation sites is 1. The molecule has 0 aliphatic rings. The molecule has 0 bridgehead atoms. The number of hydrogen-bond acceptors (Lipinski definition) is 4. The van der Waals surface area contributed by atoms with E-state index >= 15 is 0 Å². The Kier molecular flexibility index (Phi) is 5.78. The van der Waals surface area contributed by atoms with E-state index in [0.717, 1.165) is 12.8 Å². The van der Waals surface area contributed by atoms with Crippen molar-refractivity contribution in [2.75, 3.05) is 12.9 Å². The fraction of sp³-hybridized carbons (Fsp3) is 0.417. The first-order chi connectivity index (χ1) is 7.79. The fourth-order valence-corrected chi connectivity index (χ4v) is 1.51. The maximum Gasteiger partial charge on any atom is 0.341 e. The summed E-state index contributed by atoms with van der Waals surface area (Å²) >= 11 is 1.21. The summed E-state index contributed by atoms with van der Waals surface area (Å²) in [4.78, 5) is 11.7. The van der Waals surface area contributed by atoms with Gasteiger partial charge < -0.3 is 8.92 Å². The smallest absolute Gasteiger partial charge is 0.341 e. The van der Waals surface area contributed by atoms with E-state index in [1.54, 1.807) is 24.5 Å². The van der Waals surface area contributed by atoms with Crippen LogP contribution in [0.25, 0.3) is 0 Å². The number of esters is 1. The molecule has 0 radical (unpaired) electrons. The van der Waals surface area contributed by atoms with Crippen LogP contribution >= 0.6 is 12.0 Å². The molecule has 0 aliphatic carbocycles. The monoisotopic (exact) mass is 240 g/mol. The number of carbonyl (C=O) groups is 1. The molecule has 16 heavy (non-hydrogen) atoms. The van der Waals surface area contributed by atoms with Gasteiger partial charge in [-0.05, 0) is 18.6 Å². The van der Waals surface area contributed by atoms with Crippen molar-refractivity contribution >= 4 is 18.0 Å². The van der Waals surface area contributed by atoms with Gasteiger partial charge in [0.1, 0.15) is 5.56 Å². The fourth-order valence-electron chi connectivity index (χ4n) is 1.18. The summed E-state index contributed by atoms with van der Waals surface area (Å²) in [6, 6.07) is 7.09. The molecule has 4 heteroatoms. The molecule has 0 heterocycles. The van der Waals surface area contributed by atoms with Crippen LogP contribution < -0.4 is 4.18 Å². The lowest BCUT2D eigenvalue weighted by molar-refractivity contribution is 0.0498. The van der Waals surface area contributed by atoms with Crippen molar-refractivity contribution < 1.29 is 13.7 Å². The molecule has 0 N–H and O–H groups in total. The van der Waals surface area contributed by atoms with Crippen LogP contribution in [0.5, 0.6) is 5.75 Å². The van der Waals surface area contributed by atoms with Gasteiger partial charge in [0.15, 0.2) is 5.75 Å². The van der Waals surface area contributed by atoms with E-state index in [2.05, 4.69) is 6.92 Å². The molecule has 1 aromatic carbocycles. The van der Waals surface area contributed by atoms with E-state index in [-0.39, 0.29) is 5.97 Å². The second-order valence-electron chi connectivity index (χ2n) is 3.24. The van der Waals surface area contributed by atoms with Crippen molar-refractivity contribution in [2.45, 2.75) is 19.8 Å². The van der Waals surface area contributed by atoms with Crippen LogP contribution in [-0.4, -0.2) is 18.8 Å². The lowest BCUT2D eigenvalue weighted by atomic mass is 10.2. The van der Waals surface area contributed by atoms with E-state index in [9.17, 15) is 4.79 Å². The maximum absolute atomic E-state index is 11.7. The summed E-state index contributed by atoms with van der Waals surface area (Å²) in [5.41, 5.74) is 0.480. The predicted octanol–water partition coefficient (Wildman–Crippen LogP) is 3.30. The van der Waals surface area contributed by atoms with Crippen molar-refractivity contribution in [3.8, 4) is 5.75 Å². The van der Waals surface area contributed by atoms with Crippen molar-refractivity contribution in [1.29, 1.82) is 0 Å². The Morgan fingerprint density at radius 1 is 1.38 bits per heavy atom. The summed E-state index contributed by atoms with van der Waals surface area (Å²) in [5, 5.41) is 0. The molecular weight excluding hydrogens is 224 g/mol. The van der Waals surface area contributed by atoms with Gasteiger partial charge in [0.05, 0.1) is 18.6 Å². The van der Waals surface area contributed by atoms with Gasteiger partial charge in [0, 0.05) is 6.26 Å². The molecule has 0 aliphatic heterocycles. The van der Waals surface area contributed by atoms with Crippen molar-refractivity contribution in [3.63, 3.8) is 0 Å². The van der Waals surface area contributed by atoms with E-state index in [1.165, 1.54) is 12.0 Å². The Hall–Kier alpha value is -1.16. The first-order valence-corrected chi connectivity index (χ1v) is 6.41. The Bertz CT molecular complexity index is 339. The second kappa shape index (κ2) is 7.17. The van der Waals surface area contributed by atoms with Gasteiger partial charge in [-0.3, -0.25) is 0 Å². The minimum Gasteiger partial charge on any atom is -0.462 e. The molecule has 0 fully saturated rings. The van der Waals surface area contributed by atoms with Crippen molar-refractivity contribution in [2.24, 2.45) is 0 Å². The molecule has 0 atom stereocenters. The van der Waals surface area contributed by atoms with Gasteiger partial charge in [0.2, 0.25) is 0 Å². The molecule has 0 unspecified atom stereocenters. The molecule has 88 valence electrons. The van der Waals surface area contributed by atoms with Crippen molar-refractivity contribution in [1.82, 2.24) is 0 Å². The summed E-state index contributed by atoms with van der Waals surface area (Å²) in [6.07, 6.45) is 3.70. The quantitative estimate of drug-likeness (QED) is 0.434. The Morgan fingerprint density at radius 2 is 2.12 bits per heavy atom. The van der Waals surface area contributed by atoms with Gasteiger partial charge in [-0.25, -0.2) is 4.79 Å². The molecule has 0 saturated heterocycles. The average Bonchev–Trinajstić information content (AvgIpc) is 2.30. The highest BCUT2D eigenvalue weighted by Crippen LogP contribution is 2.21. The highest BCUT2D eigenvalue weighted by atomic mass is 32.2. The van der Waals surface area contributed by atoms with Crippen LogP contribution in [0.15, 0.2) is 24.3 Å². The third-order valence-corrected chi connectivity index (χ3v) is 2.36. The summed E-state index contributed by atoms with van der Waals surface area (Å²) < 4.78 is 10.4. The zero-order valence-electron chi connectivity index (χ0n) is 9.56. The molecule has 0 saturated carbocycles. The van der Waals surface area contributed by atoms with Crippen LogP contribution in [0.2, 0.25) is 0 Å². The normalized spacial score (nSPS) is 9.88. The van der Waals surface area contributed by atoms with Crippen LogP contribution in [0.3, 0.4) is 0 Å². The summed E-state index contributed by atoms with van der Waals surface area (Å²) in [5.74, 6) is 0.231. The average molecular weight is 240 g/mol. The maximum atomic E-state index is 11.7. The van der Waals surface area contributed by atoms with Gasteiger partial charge in [-0.1, -0.05) is 25.5 Å². The number of ether oxygens (including phenoxy) is 1. The Morgan fingerprint density at radius 3 is 2.81 bits per heavy atom. The zero-order valence-corrected chi connectivity index (χ0v) is 10.4. The lowest BCUT2D eigenvalue weighted by Gasteiger charge is -2.08. The molecule has 0 spiro atoms. The topological polar surface area (TPSA) is 35.5 Å². The van der Waals surface area contributed by atoms with E-state index < -0.39 is 0 Å². The summed E-state index contributed by atoms with van der Waals surface area (Å²) in [7, 11) is 0. The third-order valence-electron chi connectivity index (χ3n) is 2.01. The third kappa shape index (κ3) is 3.77. The highest BCUT2D eigenvalue weighted by molar-refractivity contribution is 7.94. The van der Waals surface area contributed by atoms with Gasteiger partial charge in [-0.2, -0.15) is 0 Å². The van der Waals surface area contributed by atoms with Gasteiger partial charge in [0.25, 0.3) is 0 Å².